The van der Waals surface area contributed by atoms with Crippen molar-refractivity contribution in [3.63, 3.8) is 0 Å². The van der Waals surface area contributed by atoms with E-state index in [2.05, 4.69) is 53.0 Å². The van der Waals surface area contributed by atoms with Gasteiger partial charge in [-0.25, -0.2) is 4.98 Å². The van der Waals surface area contributed by atoms with E-state index >= 15 is 0 Å². The molecule has 5 heteroatoms. The summed E-state index contributed by atoms with van der Waals surface area (Å²) < 4.78 is 2.11. The largest absolute Gasteiger partial charge is 1.00 e. The van der Waals surface area contributed by atoms with E-state index in [4.69, 9.17) is 0 Å². The monoisotopic (exact) mass is 327 g/mol. The number of imidazole rings is 1. The van der Waals surface area contributed by atoms with Gasteiger partial charge in [0.25, 0.3) is 0 Å². The van der Waals surface area contributed by atoms with Gasteiger partial charge >= 0.3 is 0 Å². The molecule has 0 saturated carbocycles. The Labute approximate surface area is 140 Å². The van der Waals surface area contributed by atoms with Gasteiger partial charge in [-0.1, -0.05) is 38.1 Å². The molecule has 1 N–H and O–H groups in total. The van der Waals surface area contributed by atoms with Crippen LogP contribution in [0.5, 0.6) is 0 Å². The Morgan fingerprint density at radius 1 is 1.14 bits per heavy atom. The van der Waals surface area contributed by atoms with Crippen LogP contribution in [0.1, 0.15) is 37.3 Å². The smallest absolute Gasteiger partial charge is 0.0945 e. The SMILES string of the molecule is CC(C)c1ccc(CNCCCn2ccnc2)cc1.[Cl-].[Cl-]. The summed E-state index contributed by atoms with van der Waals surface area (Å²) in [6, 6.07) is 8.90. The number of benzene rings is 1. The number of rotatable bonds is 7. The fraction of sp³-hybridized carbons (Fsp3) is 0.438. The highest BCUT2D eigenvalue weighted by Gasteiger charge is 1.98. The quantitative estimate of drug-likeness (QED) is 0.557. The highest BCUT2D eigenvalue weighted by atomic mass is 35.5. The van der Waals surface area contributed by atoms with Crippen molar-refractivity contribution in [3.8, 4) is 0 Å². The van der Waals surface area contributed by atoms with Crippen molar-refractivity contribution in [3.05, 3.63) is 54.1 Å². The second-order valence-corrected chi connectivity index (χ2v) is 5.23. The van der Waals surface area contributed by atoms with Crippen LogP contribution in [0.3, 0.4) is 0 Å². The van der Waals surface area contributed by atoms with Crippen LogP contribution in [-0.2, 0) is 13.1 Å². The van der Waals surface area contributed by atoms with E-state index in [1.54, 1.807) is 0 Å². The molecule has 0 fully saturated rings. The predicted octanol–water partition coefficient (Wildman–Crippen LogP) is -2.81. The number of hydrogen-bond acceptors (Lipinski definition) is 2. The van der Waals surface area contributed by atoms with Crippen molar-refractivity contribution in [1.29, 1.82) is 0 Å². The number of hydrogen-bond donors (Lipinski definition) is 1. The Hall–Kier alpha value is -1.03. The number of nitrogens with zero attached hydrogens (tertiary/aromatic N) is 2. The molecule has 0 amide bonds. The summed E-state index contributed by atoms with van der Waals surface area (Å²) in [5.74, 6) is 0.609. The average molecular weight is 328 g/mol. The number of aromatic nitrogens is 2. The summed E-state index contributed by atoms with van der Waals surface area (Å²) in [4.78, 5) is 4.03. The van der Waals surface area contributed by atoms with Gasteiger partial charge in [0.2, 0.25) is 0 Å². The Kier molecular flexibility index (Phi) is 10.1. The normalized spacial score (nSPS) is 10.0. The molecule has 0 unspecified atom stereocenters. The molecule has 1 heterocycles. The lowest BCUT2D eigenvalue weighted by Gasteiger charge is -2.08. The van der Waals surface area contributed by atoms with Gasteiger partial charge < -0.3 is 34.7 Å². The third-order valence-corrected chi connectivity index (χ3v) is 3.30. The zero-order chi connectivity index (χ0) is 13.5. The molecule has 0 saturated heterocycles. The molecule has 2 aromatic rings. The number of halogens is 2. The number of nitrogens with one attached hydrogen (secondary N) is 1. The lowest BCUT2D eigenvalue weighted by molar-refractivity contribution is -0.001000. The summed E-state index contributed by atoms with van der Waals surface area (Å²) in [7, 11) is 0. The minimum Gasteiger partial charge on any atom is -1.00 e. The van der Waals surface area contributed by atoms with Crippen LogP contribution in [0.2, 0.25) is 0 Å². The van der Waals surface area contributed by atoms with Gasteiger partial charge in [0, 0.05) is 25.5 Å². The zero-order valence-corrected chi connectivity index (χ0v) is 14.1. The van der Waals surface area contributed by atoms with Crippen molar-refractivity contribution < 1.29 is 24.8 Å². The van der Waals surface area contributed by atoms with Crippen LogP contribution in [0.15, 0.2) is 43.0 Å². The maximum atomic E-state index is 4.03. The minimum atomic E-state index is 0. The van der Waals surface area contributed by atoms with E-state index < -0.39 is 0 Å². The Morgan fingerprint density at radius 3 is 2.43 bits per heavy atom. The molecule has 0 spiro atoms. The Balaban J connectivity index is 0.00000200. The Bertz CT molecular complexity index is 467. The molecule has 0 atom stereocenters. The second kappa shape index (κ2) is 10.7. The first-order valence-electron chi connectivity index (χ1n) is 7.01. The predicted molar refractivity (Wildman–Crippen MR) is 79.1 cm³/mol. The van der Waals surface area contributed by atoms with Crippen LogP contribution < -0.4 is 30.1 Å². The van der Waals surface area contributed by atoms with E-state index in [0.717, 1.165) is 26.1 Å². The van der Waals surface area contributed by atoms with Gasteiger partial charge in [0.05, 0.1) is 6.33 Å². The molecule has 3 nitrogen and oxygen atoms in total. The van der Waals surface area contributed by atoms with Crippen molar-refractivity contribution in [2.45, 2.75) is 39.3 Å². The van der Waals surface area contributed by atoms with Gasteiger partial charge in [0.15, 0.2) is 0 Å². The summed E-state index contributed by atoms with van der Waals surface area (Å²) in [6.07, 6.45) is 6.82. The van der Waals surface area contributed by atoms with E-state index in [9.17, 15) is 0 Å². The first-order valence-corrected chi connectivity index (χ1v) is 7.01. The summed E-state index contributed by atoms with van der Waals surface area (Å²) >= 11 is 0. The van der Waals surface area contributed by atoms with Crippen LogP contribution >= 0.6 is 0 Å². The van der Waals surface area contributed by atoms with Gasteiger partial charge in [-0.05, 0) is 30.0 Å². The maximum Gasteiger partial charge on any atom is 0.0945 e. The zero-order valence-electron chi connectivity index (χ0n) is 12.6. The molecule has 0 aliphatic carbocycles. The lowest BCUT2D eigenvalue weighted by atomic mass is 10.0. The first kappa shape index (κ1) is 20.0. The van der Waals surface area contributed by atoms with Crippen molar-refractivity contribution in [2.75, 3.05) is 6.54 Å². The van der Waals surface area contributed by atoms with Crippen molar-refractivity contribution >= 4 is 0 Å². The second-order valence-electron chi connectivity index (χ2n) is 5.23. The molecular formula is C16H23Cl2N3-2. The van der Waals surface area contributed by atoms with E-state index in [-0.39, 0.29) is 24.8 Å². The molecular weight excluding hydrogens is 305 g/mol. The topological polar surface area (TPSA) is 29.9 Å². The standard InChI is InChI=1S/C16H23N3.2ClH/c1-14(2)16-6-4-15(5-7-16)12-17-8-3-10-19-11-9-18-13-19;;/h4-7,9,11,13-14,17H,3,8,10,12H2,1-2H3;2*1H/p-2. The van der Waals surface area contributed by atoms with Gasteiger partial charge in [0.1, 0.15) is 0 Å². The molecule has 1 aromatic carbocycles. The van der Waals surface area contributed by atoms with Crippen molar-refractivity contribution in [2.24, 2.45) is 0 Å². The summed E-state index contributed by atoms with van der Waals surface area (Å²) in [5, 5.41) is 3.48. The molecule has 118 valence electrons. The molecule has 0 bridgehead atoms. The third kappa shape index (κ3) is 6.98. The molecule has 0 aliphatic heterocycles. The van der Waals surface area contributed by atoms with Gasteiger partial charge in [-0.15, -0.1) is 0 Å². The first-order chi connectivity index (χ1) is 9.25. The Morgan fingerprint density at radius 2 is 1.86 bits per heavy atom. The fourth-order valence-electron chi connectivity index (χ4n) is 2.06. The average Bonchev–Trinajstić information content (AvgIpc) is 2.92. The van der Waals surface area contributed by atoms with E-state index in [1.807, 2.05) is 18.7 Å². The molecule has 21 heavy (non-hydrogen) atoms. The summed E-state index contributed by atoms with van der Waals surface area (Å²) in [5.41, 5.74) is 2.76. The molecule has 2 rings (SSSR count). The highest BCUT2D eigenvalue weighted by molar-refractivity contribution is 5.24. The van der Waals surface area contributed by atoms with E-state index in [0.29, 0.717) is 5.92 Å². The van der Waals surface area contributed by atoms with Gasteiger partial charge in [-0.2, -0.15) is 0 Å². The lowest BCUT2D eigenvalue weighted by Crippen LogP contribution is -3.00. The van der Waals surface area contributed by atoms with Crippen LogP contribution in [0, 0.1) is 0 Å². The van der Waals surface area contributed by atoms with Crippen LogP contribution in [-0.4, -0.2) is 16.1 Å². The third-order valence-electron chi connectivity index (χ3n) is 3.30. The number of aryl methyl sites for hydroxylation is 1. The minimum absolute atomic E-state index is 0. The van der Waals surface area contributed by atoms with Crippen LogP contribution in [0.4, 0.5) is 0 Å². The highest BCUT2D eigenvalue weighted by Crippen LogP contribution is 2.14. The summed E-state index contributed by atoms with van der Waals surface area (Å²) in [6.45, 7) is 7.46. The van der Waals surface area contributed by atoms with Gasteiger partial charge in [-0.3, -0.25) is 0 Å². The van der Waals surface area contributed by atoms with Crippen molar-refractivity contribution in [1.82, 2.24) is 14.9 Å². The molecule has 1 aromatic heterocycles. The maximum absolute atomic E-state index is 4.03. The molecule has 0 aliphatic rings. The van der Waals surface area contributed by atoms with Crippen LogP contribution in [0.25, 0.3) is 0 Å². The fourth-order valence-corrected chi connectivity index (χ4v) is 2.06. The van der Waals surface area contributed by atoms with E-state index in [1.165, 1.54) is 11.1 Å². The molecule has 0 radical (unpaired) electrons.